The molecule has 106 valence electrons. The van der Waals surface area contributed by atoms with Crippen molar-refractivity contribution in [3.63, 3.8) is 0 Å². The van der Waals surface area contributed by atoms with Crippen molar-refractivity contribution in [3.8, 4) is 0 Å². The van der Waals surface area contributed by atoms with Crippen LogP contribution in [0.25, 0.3) is 0 Å². The molecule has 0 saturated carbocycles. The maximum absolute atomic E-state index is 3.29. The van der Waals surface area contributed by atoms with Crippen LogP contribution in [0.2, 0.25) is 0 Å². The van der Waals surface area contributed by atoms with E-state index < -0.39 is 0 Å². The summed E-state index contributed by atoms with van der Waals surface area (Å²) < 4.78 is 0. The smallest absolute Gasteiger partial charge is 0.0103 e. The van der Waals surface area contributed by atoms with Crippen molar-refractivity contribution in [2.45, 2.75) is 25.7 Å². The molecule has 0 bridgehead atoms. The molecule has 2 heteroatoms. The van der Waals surface area contributed by atoms with Crippen molar-refractivity contribution in [2.75, 3.05) is 13.1 Å². The van der Waals surface area contributed by atoms with Gasteiger partial charge in [0, 0.05) is 13.1 Å². The molecule has 2 aromatic carbocycles. The Kier molecular flexibility index (Phi) is 6.86. The van der Waals surface area contributed by atoms with E-state index in [4.69, 9.17) is 0 Å². The lowest BCUT2D eigenvalue weighted by Gasteiger charge is -2.07. The molecule has 0 aromatic heterocycles. The van der Waals surface area contributed by atoms with Crippen LogP contribution in [-0.2, 0) is 12.8 Å². The fourth-order valence-electron chi connectivity index (χ4n) is 2.23. The van der Waals surface area contributed by atoms with E-state index >= 15 is 0 Å². The summed E-state index contributed by atoms with van der Waals surface area (Å²) in [6.07, 6.45) is 4.60. The van der Waals surface area contributed by atoms with Gasteiger partial charge in [-0.2, -0.15) is 0 Å². The summed E-state index contributed by atoms with van der Waals surface area (Å²) >= 11 is 0. The summed E-state index contributed by atoms with van der Waals surface area (Å²) in [5.41, 5.74) is 9.41. The molecule has 2 nitrogen and oxygen atoms in total. The SMILES string of the molecule is c1ccc(CCCNNCCCc2ccccc2)cc1. The van der Waals surface area contributed by atoms with Crippen LogP contribution in [-0.4, -0.2) is 13.1 Å². The summed E-state index contributed by atoms with van der Waals surface area (Å²) in [5.74, 6) is 0. The minimum atomic E-state index is 1.01. The molecule has 0 amide bonds. The molecular formula is C18H24N2. The summed E-state index contributed by atoms with van der Waals surface area (Å²) in [4.78, 5) is 0. The largest absolute Gasteiger partial charge is 0.258 e. The van der Waals surface area contributed by atoms with Crippen LogP contribution in [0, 0.1) is 0 Å². The van der Waals surface area contributed by atoms with Gasteiger partial charge in [0.2, 0.25) is 0 Å². The standard InChI is InChI=1S/C18H24N2/c1-3-9-17(10-4-1)13-7-15-19-20-16-8-14-18-11-5-2-6-12-18/h1-6,9-12,19-20H,7-8,13-16H2. The van der Waals surface area contributed by atoms with Gasteiger partial charge in [0.15, 0.2) is 0 Å². The van der Waals surface area contributed by atoms with Gasteiger partial charge in [0.1, 0.15) is 0 Å². The van der Waals surface area contributed by atoms with Gasteiger partial charge in [-0.3, -0.25) is 10.9 Å². The Morgan fingerprint density at radius 3 is 1.35 bits per heavy atom. The normalized spacial score (nSPS) is 10.6. The highest BCUT2D eigenvalue weighted by molar-refractivity contribution is 5.15. The van der Waals surface area contributed by atoms with E-state index in [9.17, 15) is 0 Å². The van der Waals surface area contributed by atoms with Crippen molar-refractivity contribution in [1.82, 2.24) is 10.9 Å². The zero-order chi connectivity index (χ0) is 13.9. The van der Waals surface area contributed by atoms with Crippen LogP contribution in [0.1, 0.15) is 24.0 Å². The van der Waals surface area contributed by atoms with E-state index in [1.807, 2.05) is 0 Å². The zero-order valence-electron chi connectivity index (χ0n) is 12.0. The average Bonchev–Trinajstić information content (AvgIpc) is 2.52. The highest BCUT2D eigenvalue weighted by atomic mass is 15.3. The molecule has 2 N–H and O–H groups in total. The first-order valence-corrected chi connectivity index (χ1v) is 7.49. The second kappa shape index (κ2) is 9.29. The minimum Gasteiger partial charge on any atom is -0.258 e. The maximum Gasteiger partial charge on any atom is 0.0103 e. The maximum atomic E-state index is 3.29. The van der Waals surface area contributed by atoms with Crippen molar-refractivity contribution in [2.24, 2.45) is 0 Å². The molecule has 0 heterocycles. The quantitative estimate of drug-likeness (QED) is 0.538. The van der Waals surface area contributed by atoms with Gasteiger partial charge < -0.3 is 0 Å². The van der Waals surface area contributed by atoms with Gasteiger partial charge >= 0.3 is 0 Å². The Balaban J connectivity index is 1.44. The molecule has 0 spiro atoms. The van der Waals surface area contributed by atoms with Crippen LogP contribution in [0.3, 0.4) is 0 Å². The zero-order valence-corrected chi connectivity index (χ0v) is 12.0. The fourth-order valence-corrected chi connectivity index (χ4v) is 2.23. The Morgan fingerprint density at radius 1 is 0.550 bits per heavy atom. The van der Waals surface area contributed by atoms with Gasteiger partial charge in [0.05, 0.1) is 0 Å². The van der Waals surface area contributed by atoms with E-state index in [0.717, 1.165) is 38.8 Å². The number of hydrazine groups is 1. The number of hydrogen-bond acceptors (Lipinski definition) is 2. The second-order valence-electron chi connectivity index (χ2n) is 5.03. The molecule has 0 aliphatic carbocycles. The number of aryl methyl sites for hydroxylation is 2. The number of rotatable bonds is 9. The molecule has 2 rings (SSSR count). The highest BCUT2D eigenvalue weighted by Crippen LogP contribution is 2.02. The lowest BCUT2D eigenvalue weighted by molar-refractivity contribution is 0.510. The number of benzene rings is 2. The Hall–Kier alpha value is -1.64. The Labute approximate surface area is 122 Å². The van der Waals surface area contributed by atoms with Crippen LogP contribution >= 0.6 is 0 Å². The van der Waals surface area contributed by atoms with Crippen molar-refractivity contribution >= 4 is 0 Å². The van der Waals surface area contributed by atoms with Crippen molar-refractivity contribution < 1.29 is 0 Å². The van der Waals surface area contributed by atoms with Crippen LogP contribution in [0.15, 0.2) is 60.7 Å². The van der Waals surface area contributed by atoms with Crippen LogP contribution in [0.5, 0.6) is 0 Å². The first kappa shape index (κ1) is 14.8. The minimum absolute atomic E-state index is 1.01. The lowest BCUT2D eigenvalue weighted by atomic mass is 10.1. The molecule has 0 atom stereocenters. The number of nitrogens with one attached hydrogen (secondary N) is 2. The fraction of sp³-hybridized carbons (Fsp3) is 0.333. The highest BCUT2D eigenvalue weighted by Gasteiger charge is 1.93. The molecule has 2 aromatic rings. The van der Waals surface area contributed by atoms with E-state index in [-0.39, 0.29) is 0 Å². The molecule has 0 aliphatic rings. The first-order chi connectivity index (χ1) is 9.95. The van der Waals surface area contributed by atoms with Gasteiger partial charge in [-0.1, -0.05) is 60.7 Å². The Bertz CT molecular complexity index is 408. The number of hydrogen-bond donors (Lipinski definition) is 2. The van der Waals surface area contributed by atoms with Gasteiger partial charge in [-0.05, 0) is 36.8 Å². The molecule has 0 saturated heterocycles. The van der Waals surface area contributed by atoms with Crippen molar-refractivity contribution in [3.05, 3.63) is 71.8 Å². The predicted octanol–water partition coefficient (Wildman–Crippen LogP) is 3.35. The third-order valence-corrected chi connectivity index (χ3v) is 3.35. The van der Waals surface area contributed by atoms with Gasteiger partial charge in [-0.15, -0.1) is 0 Å². The molecule has 0 radical (unpaired) electrons. The first-order valence-electron chi connectivity index (χ1n) is 7.49. The van der Waals surface area contributed by atoms with Crippen LogP contribution < -0.4 is 10.9 Å². The second-order valence-corrected chi connectivity index (χ2v) is 5.03. The molecule has 0 unspecified atom stereocenters. The third-order valence-electron chi connectivity index (χ3n) is 3.35. The van der Waals surface area contributed by atoms with E-state index in [1.54, 1.807) is 0 Å². The Morgan fingerprint density at radius 2 is 0.950 bits per heavy atom. The van der Waals surface area contributed by atoms with Gasteiger partial charge in [-0.25, -0.2) is 0 Å². The van der Waals surface area contributed by atoms with Crippen LogP contribution in [0.4, 0.5) is 0 Å². The third kappa shape index (κ3) is 6.00. The van der Waals surface area contributed by atoms with Gasteiger partial charge in [0.25, 0.3) is 0 Å². The molecule has 0 fully saturated rings. The summed E-state index contributed by atoms with van der Waals surface area (Å²) in [5, 5.41) is 0. The summed E-state index contributed by atoms with van der Waals surface area (Å²) in [7, 11) is 0. The van der Waals surface area contributed by atoms with Crippen molar-refractivity contribution in [1.29, 1.82) is 0 Å². The summed E-state index contributed by atoms with van der Waals surface area (Å²) in [6.45, 7) is 2.03. The van der Waals surface area contributed by atoms with E-state index in [1.165, 1.54) is 11.1 Å². The van der Waals surface area contributed by atoms with E-state index in [0.29, 0.717) is 0 Å². The summed E-state index contributed by atoms with van der Waals surface area (Å²) in [6, 6.07) is 21.3. The molecular weight excluding hydrogens is 244 g/mol. The van der Waals surface area contributed by atoms with E-state index in [2.05, 4.69) is 71.5 Å². The molecule has 20 heavy (non-hydrogen) atoms. The lowest BCUT2D eigenvalue weighted by Crippen LogP contribution is -2.33. The topological polar surface area (TPSA) is 24.1 Å². The predicted molar refractivity (Wildman–Crippen MR) is 85.5 cm³/mol. The molecule has 0 aliphatic heterocycles. The average molecular weight is 268 g/mol. The monoisotopic (exact) mass is 268 g/mol.